The molecule has 1 aromatic carbocycles. The Kier molecular flexibility index (Phi) is 5.03. The predicted octanol–water partition coefficient (Wildman–Crippen LogP) is 4.64. The Morgan fingerprint density at radius 3 is 2.54 bits per heavy atom. The van der Waals surface area contributed by atoms with Gasteiger partial charge in [0.25, 0.3) is 0 Å². The van der Waals surface area contributed by atoms with E-state index in [1.165, 1.54) is 11.1 Å². The number of carbonyl (C=O) groups excluding carboxylic acids is 1. The molecule has 0 aliphatic carbocycles. The quantitative estimate of drug-likeness (QED) is 0.876. The van der Waals surface area contributed by atoms with Crippen LogP contribution in [0.15, 0.2) is 30.3 Å². The average molecular weight is 351 g/mol. The van der Waals surface area contributed by atoms with Crippen molar-refractivity contribution in [2.24, 2.45) is 5.41 Å². The van der Waals surface area contributed by atoms with Gasteiger partial charge < -0.3 is 10.2 Å². The highest BCUT2D eigenvalue weighted by molar-refractivity contribution is 5.92. The standard InChI is InChI=1S/C22H29N3O/c1-15-12-19(25-11-10-17-8-6-7-9-18(17)14-25)23-16(2)21(15)24-20(26)13-22(3,4)5/h6-9,12H,10-11,13-14H2,1-5H3,(H,24,26). The summed E-state index contributed by atoms with van der Waals surface area (Å²) in [7, 11) is 0. The lowest BCUT2D eigenvalue weighted by Gasteiger charge is -2.30. The first-order chi connectivity index (χ1) is 12.2. The number of hydrogen-bond donors (Lipinski definition) is 1. The van der Waals surface area contributed by atoms with Crippen LogP contribution in [0.1, 0.15) is 49.6 Å². The molecule has 1 aliphatic rings. The molecule has 4 nitrogen and oxygen atoms in total. The first-order valence-electron chi connectivity index (χ1n) is 9.33. The second kappa shape index (κ2) is 7.10. The number of fused-ring (bicyclic) bond motifs is 1. The molecule has 138 valence electrons. The van der Waals surface area contributed by atoms with Gasteiger partial charge in [-0.1, -0.05) is 45.0 Å². The molecule has 1 N–H and O–H groups in total. The summed E-state index contributed by atoms with van der Waals surface area (Å²) in [4.78, 5) is 19.4. The highest BCUT2D eigenvalue weighted by atomic mass is 16.1. The summed E-state index contributed by atoms with van der Waals surface area (Å²) in [5, 5.41) is 3.06. The monoisotopic (exact) mass is 351 g/mol. The van der Waals surface area contributed by atoms with Gasteiger partial charge in [0.1, 0.15) is 5.82 Å². The van der Waals surface area contributed by atoms with Crippen LogP contribution >= 0.6 is 0 Å². The minimum absolute atomic E-state index is 0.0273. The van der Waals surface area contributed by atoms with Crippen LogP contribution in [0.4, 0.5) is 11.5 Å². The second-order valence-corrected chi connectivity index (χ2v) is 8.48. The molecule has 0 unspecified atom stereocenters. The molecular weight excluding hydrogens is 322 g/mol. The Labute approximate surface area is 156 Å². The van der Waals surface area contributed by atoms with E-state index in [2.05, 4.69) is 61.3 Å². The maximum atomic E-state index is 12.3. The first kappa shape index (κ1) is 18.4. The second-order valence-electron chi connectivity index (χ2n) is 8.48. The topological polar surface area (TPSA) is 45.2 Å². The van der Waals surface area contributed by atoms with E-state index >= 15 is 0 Å². The zero-order valence-electron chi connectivity index (χ0n) is 16.5. The van der Waals surface area contributed by atoms with Crippen molar-refractivity contribution in [1.82, 2.24) is 4.98 Å². The summed E-state index contributed by atoms with van der Waals surface area (Å²) in [5.74, 6) is 1.04. The number of anilines is 2. The molecule has 0 saturated carbocycles. The third-order valence-electron chi connectivity index (χ3n) is 4.79. The third kappa shape index (κ3) is 4.24. The van der Waals surface area contributed by atoms with Gasteiger partial charge in [0.15, 0.2) is 0 Å². The van der Waals surface area contributed by atoms with Gasteiger partial charge in [-0.3, -0.25) is 4.79 Å². The van der Waals surface area contributed by atoms with Crippen molar-refractivity contribution in [3.8, 4) is 0 Å². The molecular formula is C22H29N3O. The maximum absolute atomic E-state index is 12.3. The van der Waals surface area contributed by atoms with Gasteiger partial charge in [0.05, 0.1) is 11.4 Å². The molecule has 0 spiro atoms. The zero-order valence-corrected chi connectivity index (χ0v) is 16.5. The van der Waals surface area contributed by atoms with Crippen LogP contribution < -0.4 is 10.2 Å². The van der Waals surface area contributed by atoms with Crippen LogP contribution in [-0.4, -0.2) is 17.4 Å². The van der Waals surface area contributed by atoms with Crippen LogP contribution in [0.5, 0.6) is 0 Å². The number of nitrogens with zero attached hydrogens (tertiary/aromatic N) is 2. The van der Waals surface area contributed by atoms with Gasteiger partial charge in [0.2, 0.25) is 5.91 Å². The van der Waals surface area contributed by atoms with Crippen molar-refractivity contribution in [3.63, 3.8) is 0 Å². The normalized spacial score (nSPS) is 14.1. The van der Waals surface area contributed by atoms with Gasteiger partial charge in [-0.05, 0) is 48.4 Å². The van der Waals surface area contributed by atoms with E-state index in [-0.39, 0.29) is 11.3 Å². The molecule has 0 fully saturated rings. The fourth-order valence-electron chi connectivity index (χ4n) is 3.52. The SMILES string of the molecule is Cc1cc(N2CCc3ccccc3C2)nc(C)c1NC(=O)CC(C)(C)C. The summed E-state index contributed by atoms with van der Waals surface area (Å²) in [6.07, 6.45) is 1.54. The lowest BCUT2D eigenvalue weighted by atomic mass is 9.92. The van der Waals surface area contributed by atoms with Crippen molar-refractivity contribution >= 4 is 17.4 Å². The molecule has 0 radical (unpaired) electrons. The summed E-state index contributed by atoms with van der Waals surface area (Å²) in [5.41, 5.74) is 5.57. The summed E-state index contributed by atoms with van der Waals surface area (Å²) < 4.78 is 0. The number of amides is 1. The lowest BCUT2D eigenvalue weighted by molar-refractivity contribution is -0.117. The minimum Gasteiger partial charge on any atom is -0.352 e. The summed E-state index contributed by atoms with van der Waals surface area (Å²) in [6, 6.07) is 10.7. The van der Waals surface area contributed by atoms with Gasteiger partial charge in [0, 0.05) is 19.5 Å². The minimum atomic E-state index is -0.0273. The molecule has 4 heteroatoms. The smallest absolute Gasteiger partial charge is 0.224 e. The maximum Gasteiger partial charge on any atom is 0.224 e. The molecule has 0 saturated heterocycles. The van der Waals surface area contributed by atoms with Crippen molar-refractivity contribution in [2.75, 3.05) is 16.8 Å². The number of pyridine rings is 1. The number of benzene rings is 1. The molecule has 26 heavy (non-hydrogen) atoms. The molecule has 2 aromatic rings. The van der Waals surface area contributed by atoms with Crippen molar-refractivity contribution in [3.05, 3.63) is 52.7 Å². The van der Waals surface area contributed by atoms with Gasteiger partial charge in [-0.2, -0.15) is 0 Å². The summed E-state index contributed by atoms with van der Waals surface area (Å²) in [6.45, 7) is 12.1. The van der Waals surface area contributed by atoms with E-state index in [1.54, 1.807) is 0 Å². The Morgan fingerprint density at radius 1 is 1.19 bits per heavy atom. The third-order valence-corrected chi connectivity index (χ3v) is 4.79. The van der Waals surface area contributed by atoms with Crippen LogP contribution in [0.3, 0.4) is 0 Å². The average Bonchev–Trinajstić information content (AvgIpc) is 2.56. The van der Waals surface area contributed by atoms with Crippen LogP contribution in [-0.2, 0) is 17.8 Å². The van der Waals surface area contributed by atoms with E-state index < -0.39 is 0 Å². The number of hydrogen-bond acceptors (Lipinski definition) is 3. The van der Waals surface area contributed by atoms with Gasteiger partial charge in [-0.25, -0.2) is 4.98 Å². The molecule has 2 heterocycles. The van der Waals surface area contributed by atoms with E-state index in [4.69, 9.17) is 4.98 Å². The Morgan fingerprint density at radius 2 is 1.88 bits per heavy atom. The van der Waals surface area contributed by atoms with E-state index in [0.29, 0.717) is 6.42 Å². The van der Waals surface area contributed by atoms with Crippen LogP contribution in [0, 0.1) is 19.3 Å². The number of aryl methyl sites for hydroxylation is 2. The van der Waals surface area contributed by atoms with Gasteiger partial charge in [-0.15, -0.1) is 0 Å². The fraction of sp³-hybridized carbons (Fsp3) is 0.455. The highest BCUT2D eigenvalue weighted by Gasteiger charge is 2.20. The largest absolute Gasteiger partial charge is 0.352 e. The Bertz CT molecular complexity index is 797. The van der Waals surface area contributed by atoms with E-state index in [0.717, 1.165) is 42.3 Å². The van der Waals surface area contributed by atoms with Crippen molar-refractivity contribution in [1.29, 1.82) is 0 Å². The number of carbonyl (C=O) groups is 1. The first-order valence-corrected chi connectivity index (χ1v) is 9.33. The van der Waals surface area contributed by atoms with Crippen molar-refractivity contribution in [2.45, 2.75) is 54.0 Å². The Balaban J connectivity index is 1.79. The van der Waals surface area contributed by atoms with Gasteiger partial charge >= 0.3 is 0 Å². The van der Waals surface area contributed by atoms with Crippen LogP contribution in [0.25, 0.3) is 0 Å². The summed E-state index contributed by atoms with van der Waals surface area (Å²) >= 11 is 0. The van der Waals surface area contributed by atoms with E-state index in [9.17, 15) is 4.79 Å². The Hall–Kier alpha value is -2.36. The van der Waals surface area contributed by atoms with Crippen molar-refractivity contribution < 1.29 is 4.79 Å². The molecule has 3 rings (SSSR count). The zero-order chi connectivity index (χ0) is 18.9. The van der Waals surface area contributed by atoms with Crippen LogP contribution in [0.2, 0.25) is 0 Å². The molecule has 0 bridgehead atoms. The predicted molar refractivity (Wildman–Crippen MR) is 108 cm³/mol. The molecule has 1 aromatic heterocycles. The number of nitrogens with one attached hydrogen (secondary N) is 1. The van der Waals surface area contributed by atoms with E-state index in [1.807, 2.05) is 13.8 Å². The number of aromatic nitrogens is 1. The molecule has 1 aliphatic heterocycles. The molecule has 0 atom stereocenters. The highest BCUT2D eigenvalue weighted by Crippen LogP contribution is 2.28. The lowest BCUT2D eigenvalue weighted by Crippen LogP contribution is -2.31. The molecule has 1 amide bonds. The number of rotatable bonds is 3. The fourth-order valence-corrected chi connectivity index (χ4v) is 3.52.